The molecule has 10 heteroatoms. The molecule has 0 bridgehead atoms. The molecule has 0 saturated heterocycles. The van der Waals surface area contributed by atoms with Crippen LogP contribution in [0.2, 0.25) is 0 Å². The van der Waals surface area contributed by atoms with Gasteiger partial charge in [0.15, 0.2) is 6.61 Å². The van der Waals surface area contributed by atoms with Gasteiger partial charge in [-0.25, -0.2) is 0 Å². The van der Waals surface area contributed by atoms with Crippen LogP contribution < -0.4 is 10.1 Å². The minimum Gasteiger partial charge on any atom is -0.483 e. The Balaban J connectivity index is 1.34. The standard InChI is InChI=1S/C23H20F3N5O2/c1-15(20-9-8-18(12-27-20)33-14-23(24,25)26)30-22(32)11-16-4-6-17(7-5-16)19-13-29-31-21(19)3-2-10-28-31/h2-10,12-13,15H,11,14H2,1H3,(H,30,32)/t15-/m1/s1. The number of rotatable bonds is 7. The monoisotopic (exact) mass is 455 g/mol. The highest BCUT2D eigenvalue weighted by molar-refractivity contribution is 5.81. The molecule has 4 aromatic rings. The van der Waals surface area contributed by atoms with Gasteiger partial charge in [0.2, 0.25) is 5.91 Å². The molecule has 1 N–H and O–H groups in total. The quantitative estimate of drug-likeness (QED) is 0.453. The first-order chi connectivity index (χ1) is 15.8. The molecule has 3 aromatic heterocycles. The van der Waals surface area contributed by atoms with E-state index >= 15 is 0 Å². The lowest BCUT2D eigenvalue weighted by molar-refractivity contribution is -0.153. The molecule has 1 atom stereocenters. The number of pyridine rings is 1. The SMILES string of the molecule is C[C@@H](NC(=O)Cc1ccc(-c2cnn3ncccc23)cc1)c1ccc(OCC(F)(F)F)cn1. The zero-order valence-electron chi connectivity index (χ0n) is 17.6. The summed E-state index contributed by atoms with van der Waals surface area (Å²) >= 11 is 0. The molecule has 4 rings (SSSR count). The summed E-state index contributed by atoms with van der Waals surface area (Å²) in [5, 5.41) is 11.2. The first-order valence-corrected chi connectivity index (χ1v) is 10.1. The number of fused-ring (bicyclic) bond motifs is 1. The number of hydrogen-bond donors (Lipinski definition) is 1. The van der Waals surface area contributed by atoms with Crippen LogP contribution in [0.1, 0.15) is 24.2 Å². The van der Waals surface area contributed by atoms with Crippen LogP contribution in [0.5, 0.6) is 5.75 Å². The van der Waals surface area contributed by atoms with Crippen LogP contribution in [0, 0.1) is 0 Å². The number of carbonyl (C=O) groups is 1. The van der Waals surface area contributed by atoms with Crippen LogP contribution in [-0.2, 0) is 11.2 Å². The topological polar surface area (TPSA) is 81.4 Å². The van der Waals surface area contributed by atoms with Crippen molar-refractivity contribution in [2.24, 2.45) is 0 Å². The minimum atomic E-state index is -4.41. The number of hydrogen-bond acceptors (Lipinski definition) is 5. The van der Waals surface area contributed by atoms with E-state index in [0.29, 0.717) is 5.69 Å². The maximum atomic E-state index is 12.5. The molecule has 0 aliphatic rings. The first-order valence-electron chi connectivity index (χ1n) is 10.1. The molecule has 0 aliphatic carbocycles. The van der Waals surface area contributed by atoms with Crippen LogP contribution in [0.4, 0.5) is 13.2 Å². The smallest absolute Gasteiger partial charge is 0.422 e. The van der Waals surface area contributed by atoms with Crippen molar-refractivity contribution < 1.29 is 22.7 Å². The highest BCUT2D eigenvalue weighted by atomic mass is 19.4. The molecule has 33 heavy (non-hydrogen) atoms. The number of nitrogens with one attached hydrogen (secondary N) is 1. The van der Waals surface area contributed by atoms with Crippen molar-refractivity contribution in [2.45, 2.75) is 25.6 Å². The third-order valence-corrected chi connectivity index (χ3v) is 4.92. The number of carbonyl (C=O) groups excluding carboxylic acids is 1. The highest BCUT2D eigenvalue weighted by Crippen LogP contribution is 2.24. The summed E-state index contributed by atoms with van der Waals surface area (Å²) in [6.07, 6.45) is 0.380. The molecule has 0 spiro atoms. The average molecular weight is 455 g/mol. The molecular weight excluding hydrogens is 435 g/mol. The molecule has 0 saturated carbocycles. The minimum absolute atomic E-state index is 0.0108. The predicted molar refractivity (Wildman–Crippen MR) is 114 cm³/mol. The Kier molecular flexibility index (Phi) is 6.25. The number of ether oxygens (including phenoxy) is 1. The van der Waals surface area contributed by atoms with Gasteiger partial charge >= 0.3 is 6.18 Å². The van der Waals surface area contributed by atoms with E-state index in [1.807, 2.05) is 36.4 Å². The molecule has 0 unspecified atom stereocenters. The second-order valence-electron chi connectivity index (χ2n) is 7.44. The van der Waals surface area contributed by atoms with Crippen molar-refractivity contribution >= 4 is 11.4 Å². The summed E-state index contributed by atoms with van der Waals surface area (Å²) in [6.45, 7) is 0.367. The molecule has 0 radical (unpaired) electrons. The number of nitrogens with zero attached hydrogens (tertiary/aromatic N) is 4. The van der Waals surface area contributed by atoms with Gasteiger partial charge in [-0.05, 0) is 42.3 Å². The maximum Gasteiger partial charge on any atom is 0.422 e. The third-order valence-electron chi connectivity index (χ3n) is 4.92. The Morgan fingerprint density at radius 2 is 1.88 bits per heavy atom. The van der Waals surface area contributed by atoms with Crippen molar-refractivity contribution in [1.82, 2.24) is 25.1 Å². The van der Waals surface area contributed by atoms with Gasteiger partial charge in [-0.3, -0.25) is 9.78 Å². The lowest BCUT2D eigenvalue weighted by Gasteiger charge is -2.14. The van der Waals surface area contributed by atoms with Crippen molar-refractivity contribution in [3.05, 3.63) is 78.4 Å². The number of halogens is 3. The molecule has 0 fully saturated rings. The van der Waals surface area contributed by atoms with Gasteiger partial charge in [0.05, 0.1) is 36.1 Å². The molecule has 1 aromatic carbocycles. The van der Waals surface area contributed by atoms with Gasteiger partial charge in [0.1, 0.15) is 5.75 Å². The second kappa shape index (κ2) is 9.27. The lowest BCUT2D eigenvalue weighted by Crippen LogP contribution is -2.28. The van der Waals surface area contributed by atoms with Gasteiger partial charge in [0.25, 0.3) is 0 Å². The van der Waals surface area contributed by atoms with Crippen LogP contribution in [-0.4, -0.2) is 38.5 Å². The van der Waals surface area contributed by atoms with E-state index in [4.69, 9.17) is 0 Å². The summed E-state index contributed by atoms with van der Waals surface area (Å²) in [7, 11) is 0. The average Bonchev–Trinajstić information content (AvgIpc) is 3.22. The van der Waals surface area contributed by atoms with Gasteiger partial charge in [-0.2, -0.15) is 28.0 Å². The number of amides is 1. The third kappa shape index (κ3) is 5.65. The zero-order valence-corrected chi connectivity index (χ0v) is 17.6. The molecule has 170 valence electrons. The Morgan fingerprint density at radius 1 is 1.09 bits per heavy atom. The van der Waals surface area contributed by atoms with Crippen LogP contribution in [0.3, 0.4) is 0 Å². The van der Waals surface area contributed by atoms with E-state index < -0.39 is 18.8 Å². The summed E-state index contributed by atoms with van der Waals surface area (Å²) in [5.74, 6) is -0.189. The molecule has 7 nitrogen and oxygen atoms in total. The summed E-state index contributed by atoms with van der Waals surface area (Å²) in [6, 6.07) is 13.9. The van der Waals surface area contributed by atoms with Crippen LogP contribution in [0.25, 0.3) is 16.6 Å². The second-order valence-corrected chi connectivity index (χ2v) is 7.44. The van der Waals surface area contributed by atoms with Gasteiger partial charge in [-0.1, -0.05) is 24.3 Å². The van der Waals surface area contributed by atoms with Crippen molar-refractivity contribution in [3.63, 3.8) is 0 Å². The van der Waals surface area contributed by atoms with E-state index in [1.165, 1.54) is 18.3 Å². The Morgan fingerprint density at radius 3 is 2.58 bits per heavy atom. The van der Waals surface area contributed by atoms with E-state index in [2.05, 4.69) is 25.2 Å². The normalized spacial score (nSPS) is 12.5. The molecule has 1 amide bonds. The summed E-state index contributed by atoms with van der Waals surface area (Å²) < 4.78 is 42.9. The van der Waals surface area contributed by atoms with E-state index in [0.717, 1.165) is 22.2 Å². The number of benzene rings is 1. The van der Waals surface area contributed by atoms with Gasteiger partial charge < -0.3 is 10.1 Å². The van der Waals surface area contributed by atoms with Crippen LogP contribution >= 0.6 is 0 Å². The number of aromatic nitrogens is 4. The molecular formula is C23H20F3N5O2. The zero-order chi connectivity index (χ0) is 23.4. The fourth-order valence-corrected chi connectivity index (χ4v) is 3.31. The Labute approximate surface area is 187 Å². The largest absolute Gasteiger partial charge is 0.483 e. The summed E-state index contributed by atoms with van der Waals surface area (Å²) in [5.41, 5.74) is 4.15. The Bertz CT molecular complexity index is 1240. The number of alkyl halides is 3. The maximum absolute atomic E-state index is 12.5. The van der Waals surface area contributed by atoms with Crippen molar-refractivity contribution in [3.8, 4) is 16.9 Å². The fourth-order valence-electron chi connectivity index (χ4n) is 3.31. The first kappa shape index (κ1) is 22.3. The van der Waals surface area contributed by atoms with Crippen molar-refractivity contribution in [2.75, 3.05) is 6.61 Å². The van der Waals surface area contributed by atoms with Gasteiger partial charge in [0, 0.05) is 11.8 Å². The van der Waals surface area contributed by atoms with Gasteiger partial charge in [-0.15, -0.1) is 0 Å². The van der Waals surface area contributed by atoms with E-state index in [-0.39, 0.29) is 18.1 Å². The molecule has 3 heterocycles. The lowest BCUT2D eigenvalue weighted by atomic mass is 10.0. The van der Waals surface area contributed by atoms with E-state index in [9.17, 15) is 18.0 Å². The molecule has 0 aliphatic heterocycles. The van der Waals surface area contributed by atoms with Crippen LogP contribution in [0.15, 0.2) is 67.1 Å². The predicted octanol–water partition coefficient (Wildman–Crippen LogP) is 4.15. The van der Waals surface area contributed by atoms with E-state index in [1.54, 1.807) is 23.9 Å². The Hall–Kier alpha value is -3.95. The highest BCUT2D eigenvalue weighted by Gasteiger charge is 2.28. The fraction of sp³-hybridized carbons (Fsp3) is 0.217. The van der Waals surface area contributed by atoms with Crippen molar-refractivity contribution in [1.29, 1.82) is 0 Å². The summed E-state index contributed by atoms with van der Waals surface area (Å²) in [4.78, 5) is 16.5.